The van der Waals surface area contributed by atoms with E-state index in [0.29, 0.717) is 0 Å². The van der Waals surface area contributed by atoms with Gasteiger partial charge in [0, 0.05) is 18.0 Å². The van der Waals surface area contributed by atoms with Crippen LogP contribution in [-0.4, -0.2) is 10.1 Å². The molecule has 0 radical (unpaired) electrons. The third-order valence-corrected chi connectivity index (χ3v) is 1.85. The van der Waals surface area contributed by atoms with Crippen molar-refractivity contribution >= 4 is 11.6 Å². The Morgan fingerprint density at radius 2 is 2.17 bits per heavy atom. The average Bonchev–Trinajstić information content (AvgIpc) is 2.04. The lowest BCUT2D eigenvalue weighted by molar-refractivity contribution is 0.150. The summed E-state index contributed by atoms with van der Waals surface area (Å²) in [5.74, 6) is 0. The first-order chi connectivity index (χ1) is 5.66. The Bertz CT molecular complexity index is 280. The summed E-state index contributed by atoms with van der Waals surface area (Å²) >= 11 is 5.52. The van der Waals surface area contributed by atoms with Crippen molar-refractivity contribution in [2.24, 2.45) is 0 Å². The maximum atomic E-state index is 12.1. The smallest absolute Gasteiger partial charge is 0.266 e. The second kappa shape index (κ2) is 3.78. The monoisotopic (exact) mass is 193 g/mol. The van der Waals surface area contributed by atoms with Crippen LogP contribution in [0.2, 0.25) is 5.02 Å². The van der Waals surface area contributed by atoms with Crippen LogP contribution in [0.3, 0.4) is 0 Å². The number of alkyl halides is 2. The Labute approximate surface area is 72.8 Å². The molecule has 0 aromatic carbocycles. The topological polar surface area (TPSA) is 33.1 Å². The minimum absolute atomic E-state index is 0.109. The third kappa shape index (κ3) is 1.70. The fourth-order valence-electron chi connectivity index (χ4n) is 0.769. The van der Waals surface area contributed by atoms with Crippen LogP contribution in [0.4, 0.5) is 8.78 Å². The first-order valence-corrected chi connectivity index (χ1v) is 3.56. The number of aliphatic hydroxyl groups is 1. The highest BCUT2D eigenvalue weighted by Crippen LogP contribution is 2.28. The van der Waals surface area contributed by atoms with E-state index in [-0.39, 0.29) is 22.8 Å². The van der Waals surface area contributed by atoms with Gasteiger partial charge in [-0.2, -0.15) is 0 Å². The lowest BCUT2D eigenvalue weighted by atomic mass is 10.2. The molecule has 1 rings (SSSR count). The van der Waals surface area contributed by atoms with Crippen LogP contribution in [0.1, 0.15) is 17.6 Å². The molecule has 0 saturated heterocycles. The van der Waals surface area contributed by atoms with Gasteiger partial charge in [0.15, 0.2) is 0 Å². The molecule has 1 N–H and O–H groups in total. The molecule has 0 aliphatic heterocycles. The maximum absolute atomic E-state index is 12.1. The van der Waals surface area contributed by atoms with Gasteiger partial charge in [-0.25, -0.2) is 8.78 Å². The number of hydrogen-bond donors (Lipinski definition) is 1. The summed E-state index contributed by atoms with van der Waals surface area (Å²) in [6.07, 6.45) is -0.406. The predicted octanol–water partition coefficient (Wildman–Crippen LogP) is 2.16. The van der Waals surface area contributed by atoms with Crippen LogP contribution in [-0.2, 0) is 6.61 Å². The summed E-state index contributed by atoms with van der Waals surface area (Å²) in [5, 5.41) is 8.55. The summed E-state index contributed by atoms with van der Waals surface area (Å²) < 4.78 is 24.3. The van der Waals surface area contributed by atoms with Gasteiger partial charge in [-0.3, -0.25) is 4.98 Å². The van der Waals surface area contributed by atoms with Crippen LogP contribution in [0.15, 0.2) is 12.4 Å². The molecule has 0 aliphatic rings. The fourth-order valence-corrected chi connectivity index (χ4v) is 1.01. The van der Waals surface area contributed by atoms with E-state index in [9.17, 15) is 8.78 Å². The molecule has 0 atom stereocenters. The van der Waals surface area contributed by atoms with Crippen molar-refractivity contribution in [3.05, 3.63) is 28.5 Å². The van der Waals surface area contributed by atoms with E-state index in [1.54, 1.807) is 0 Å². The van der Waals surface area contributed by atoms with E-state index < -0.39 is 6.43 Å². The highest BCUT2D eigenvalue weighted by atomic mass is 35.5. The van der Waals surface area contributed by atoms with Crippen LogP contribution < -0.4 is 0 Å². The summed E-state index contributed by atoms with van der Waals surface area (Å²) in [6, 6.07) is 0. The molecule has 0 bridgehead atoms. The minimum Gasteiger partial charge on any atom is -0.392 e. The van der Waals surface area contributed by atoms with Gasteiger partial charge in [-0.15, -0.1) is 0 Å². The van der Waals surface area contributed by atoms with Gasteiger partial charge in [0.2, 0.25) is 0 Å². The van der Waals surface area contributed by atoms with E-state index in [1.807, 2.05) is 0 Å². The number of aliphatic hydroxyl groups excluding tert-OH is 1. The van der Waals surface area contributed by atoms with Gasteiger partial charge in [0.25, 0.3) is 6.43 Å². The van der Waals surface area contributed by atoms with E-state index in [0.717, 1.165) is 6.20 Å². The van der Waals surface area contributed by atoms with Gasteiger partial charge in [-0.05, 0) is 0 Å². The second-order valence-electron chi connectivity index (χ2n) is 2.16. The van der Waals surface area contributed by atoms with Crippen molar-refractivity contribution in [2.45, 2.75) is 13.0 Å². The normalized spacial score (nSPS) is 10.8. The zero-order valence-corrected chi connectivity index (χ0v) is 6.72. The largest absolute Gasteiger partial charge is 0.392 e. The Balaban J connectivity index is 3.14. The van der Waals surface area contributed by atoms with Crippen molar-refractivity contribution in [1.29, 1.82) is 0 Å². The van der Waals surface area contributed by atoms with E-state index in [2.05, 4.69) is 4.98 Å². The van der Waals surface area contributed by atoms with Crippen LogP contribution in [0, 0.1) is 0 Å². The SMILES string of the molecule is OCc1cncc(C(F)F)c1Cl. The van der Waals surface area contributed by atoms with Crippen molar-refractivity contribution in [3.63, 3.8) is 0 Å². The first-order valence-electron chi connectivity index (χ1n) is 3.18. The summed E-state index contributed by atoms with van der Waals surface area (Å²) in [4.78, 5) is 3.51. The Hall–Kier alpha value is -0.740. The molecule has 0 saturated carbocycles. The Kier molecular flexibility index (Phi) is 2.94. The number of pyridine rings is 1. The fraction of sp³-hybridized carbons (Fsp3) is 0.286. The van der Waals surface area contributed by atoms with Crippen LogP contribution in [0.25, 0.3) is 0 Å². The van der Waals surface area contributed by atoms with Gasteiger partial charge in [-0.1, -0.05) is 11.6 Å². The molecule has 2 nitrogen and oxygen atoms in total. The maximum Gasteiger partial charge on any atom is 0.266 e. The number of hydrogen-bond acceptors (Lipinski definition) is 2. The Morgan fingerprint density at radius 1 is 1.50 bits per heavy atom. The van der Waals surface area contributed by atoms with Crippen molar-refractivity contribution in [3.8, 4) is 0 Å². The van der Waals surface area contributed by atoms with E-state index >= 15 is 0 Å². The lowest BCUT2D eigenvalue weighted by Crippen LogP contribution is -1.94. The highest BCUT2D eigenvalue weighted by Gasteiger charge is 2.14. The summed E-state index contributed by atoms with van der Waals surface area (Å²) in [7, 11) is 0. The molecule has 0 fully saturated rings. The lowest BCUT2D eigenvalue weighted by Gasteiger charge is -2.04. The zero-order valence-electron chi connectivity index (χ0n) is 5.97. The zero-order chi connectivity index (χ0) is 9.14. The van der Waals surface area contributed by atoms with Crippen LogP contribution >= 0.6 is 11.6 Å². The second-order valence-corrected chi connectivity index (χ2v) is 2.54. The molecule has 1 heterocycles. The van der Waals surface area contributed by atoms with Gasteiger partial charge in [0.05, 0.1) is 17.2 Å². The summed E-state index contributed by atoms with van der Waals surface area (Å²) in [6.45, 7) is -0.383. The first kappa shape index (κ1) is 9.35. The molecule has 0 spiro atoms. The van der Waals surface area contributed by atoms with Crippen LogP contribution in [0.5, 0.6) is 0 Å². The van der Waals surface area contributed by atoms with Gasteiger partial charge >= 0.3 is 0 Å². The Morgan fingerprint density at radius 3 is 2.67 bits per heavy atom. The van der Waals surface area contributed by atoms with E-state index in [4.69, 9.17) is 16.7 Å². The van der Waals surface area contributed by atoms with Crippen molar-refractivity contribution in [1.82, 2.24) is 4.98 Å². The molecular formula is C7H6ClF2NO. The minimum atomic E-state index is -2.66. The molecular weight excluding hydrogens is 188 g/mol. The standard InChI is InChI=1S/C7H6ClF2NO/c8-6-4(3-12)1-11-2-5(6)7(9)10/h1-2,7,12H,3H2. The quantitative estimate of drug-likeness (QED) is 0.781. The molecule has 0 aliphatic carbocycles. The number of halogens is 3. The molecule has 0 amide bonds. The van der Waals surface area contributed by atoms with Crippen molar-refractivity contribution in [2.75, 3.05) is 0 Å². The molecule has 12 heavy (non-hydrogen) atoms. The highest BCUT2D eigenvalue weighted by molar-refractivity contribution is 6.32. The molecule has 0 unspecified atom stereocenters. The van der Waals surface area contributed by atoms with Crippen molar-refractivity contribution < 1.29 is 13.9 Å². The van der Waals surface area contributed by atoms with Gasteiger partial charge < -0.3 is 5.11 Å². The predicted molar refractivity (Wildman–Crippen MR) is 40.1 cm³/mol. The molecule has 66 valence electrons. The van der Waals surface area contributed by atoms with Gasteiger partial charge in [0.1, 0.15) is 0 Å². The van der Waals surface area contributed by atoms with E-state index in [1.165, 1.54) is 6.20 Å². The molecule has 5 heteroatoms. The third-order valence-electron chi connectivity index (χ3n) is 1.38. The number of nitrogens with zero attached hydrogens (tertiary/aromatic N) is 1. The average molecular weight is 194 g/mol. The number of rotatable bonds is 2. The molecule has 1 aromatic heterocycles. The number of aromatic nitrogens is 1. The molecule has 1 aromatic rings. The summed E-state index contributed by atoms with van der Waals surface area (Å²) in [5.41, 5.74) is -0.127.